The molecule has 5 heteroatoms. The third kappa shape index (κ3) is 5.77. The third-order valence-corrected chi connectivity index (χ3v) is 2.21. The van der Waals surface area contributed by atoms with E-state index in [4.69, 9.17) is 0 Å². The number of esters is 1. The molecule has 0 aromatic heterocycles. The van der Waals surface area contributed by atoms with Gasteiger partial charge in [0, 0.05) is 11.0 Å². The molecule has 0 unspecified atom stereocenters. The number of carbonyl (C=O) groups excluding carboxylic acids is 1. The van der Waals surface area contributed by atoms with Gasteiger partial charge < -0.3 is 10.1 Å². The second kappa shape index (κ2) is 7.68. The van der Waals surface area contributed by atoms with Crippen molar-refractivity contribution in [1.82, 2.24) is 5.32 Å². The van der Waals surface area contributed by atoms with Crippen molar-refractivity contribution in [3.05, 3.63) is 34.3 Å². The van der Waals surface area contributed by atoms with Gasteiger partial charge in [0.05, 0.1) is 13.7 Å². The molecule has 1 aromatic carbocycles. The fourth-order valence-corrected chi connectivity index (χ4v) is 1.47. The van der Waals surface area contributed by atoms with Crippen LogP contribution in [0.25, 0.3) is 0 Å². The zero-order chi connectivity index (χ0) is 10.4. The van der Waals surface area contributed by atoms with E-state index in [1.54, 1.807) is 0 Å². The van der Waals surface area contributed by atoms with Gasteiger partial charge in [-0.1, -0.05) is 28.1 Å². The van der Waals surface area contributed by atoms with Crippen LogP contribution in [0, 0.1) is 0 Å². The SMILES string of the molecule is COC(=O)CNCc1cccc(Br)c1.Cl. The Morgan fingerprint density at radius 3 is 2.87 bits per heavy atom. The maximum Gasteiger partial charge on any atom is 0.319 e. The van der Waals surface area contributed by atoms with E-state index in [2.05, 4.69) is 26.0 Å². The Hall–Kier alpha value is -0.580. The summed E-state index contributed by atoms with van der Waals surface area (Å²) < 4.78 is 5.54. The van der Waals surface area contributed by atoms with E-state index in [0.29, 0.717) is 6.54 Å². The number of nitrogens with one attached hydrogen (secondary N) is 1. The summed E-state index contributed by atoms with van der Waals surface area (Å²) in [4.78, 5) is 10.8. The number of hydrogen-bond donors (Lipinski definition) is 1. The summed E-state index contributed by atoms with van der Waals surface area (Å²) in [6.45, 7) is 0.900. The summed E-state index contributed by atoms with van der Waals surface area (Å²) in [6.07, 6.45) is 0. The smallest absolute Gasteiger partial charge is 0.319 e. The van der Waals surface area contributed by atoms with Crippen molar-refractivity contribution in [1.29, 1.82) is 0 Å². The molecular formula is C10H13BrClNO2. The highest BCUT2D eigenvalue weighted by Crippen LogP contribution is 2.10. The predicted octanol–water partition coefficient (Wildman–Crippen LogP) is 2.13. The minimum Gasteiger partial charge on any atom is -0.468 e. The Bertz CT molecular complexity index is 320. The summed E-state index contributed by atoms with van der Waals surface area (Å²) in [5, 5.41) is 2.98. The van der Waals surface area contributed by atoms with Crippen LogP contribution in [0.15, 0.2) is 28.7 Å². The van der Waals surface area contributed by atoms with E-state index in [-0.39, 0.29) is 24.9 Å². The standard InChI is InChI=1S/C10H12BrNO2.ClH/c1-14-10(13)7-12-6-8-3-2-4-9(11)5-8;/h2-5,12H,6-7H2,1H3;1H. The quantitative estimate of drug-likeness (QED) is 0.865. The van der Waals surface area contributed by atoms with E-state index in [1.807, 2.05) is 24.3 Å². The number of methoxy groups -OCH3 is 1. The number of benzene rings is 1. The van der Waals surface area contributed by atoms with Gasteiger partial charge in [-0.15, -0.1) is 12.4 Å². The molecule has 0 aliphatic rings. The first-order valence-electron chi connectivity index (χ1n) is 4.24. The lowest BCUT2D eigenvalue weighted by Crippen LogP contribution is -2.23. The highest BCUT2D eigenvalue weighted by atomic mass is 79.9. The monoisotopic (exact) mass is 293 g/mol. The van der Waals surface area contributed by atoms with Crippen LogP contribution in [-0.4, -0.2) is 19.6 Å². The Balaban J connectivity index is 0.00000196. The lowest BCUT2D eigenvalue weighted by atomic mass is 10.2. The average molecular weight is 295 g/mol. The maximum absolute atomic E-state index is 10.8. The zero-order valence-corrected chi connectivity index (χ0v) is 10.7. The summed E-state index contributed by atoms with van der Waals surface area (Å²) >= 11 is 3.38. The molecule has 0 saturated carbocycles. The van der Waals surface area contributed by atoms with Crippen LogP contribution in [0.2, 0.25) is 0 Å². The summed E-state index contributed by atoms with van der Waals surface area (Å²) in [5.74, 6) is -0.250. The van der Waals surface area contributed by atoms with Crippen molar-refractivity contribution in [2.24, 2.45) is 0 Å². The van der Waals surface area contributed by atoms with E-state index >= 15 is 0 Å². The predicted molar refractivity (Wildman–Crippen MR) is 65.1 cm³/mol. The first kappa shape index (κ1) is 14.4. The molecule has 0 radical (unpaired) electrons. The summed E-state index contributed by atoms with van der Waals surface area (Å²) in [7, 11) is 1.38. The van der Waals surface area contributed by atoms with Crippen molar-refractivity contribution < 1.29 is 9.53 Å². The minimum absolute atomic E-state index is 0. The van der Waals surface area contributed by atoms with Crippen LogP contribution in [0.5, 0.6) is 0 Å². The van der Waals surface area contributed by atoms with Crippen LogP contribution >= 0.6 is 28.3 Å². The Kier molecular flexibility index (Phi) is 7.38. The minimum atomic E-state index is -0.250. The maximum atomic E-state index is 10.8. The van der Waals surface area contributed by atoms with Crippen LogP contribution in [0.4, 0.5) is 0 Å². The first-order valence-corrected chi connectivity index (χ1v) is 5.03. The molecule has 0 atom stereocenters. The van der Waals surface area contributed by atoms with Gasteiger partial charge in [0.1, 0.15) is 0 Å². The molecular weight excluding hydrogens is 281 g/mol. The number of ether oxygens (including phenoxy) is 1. The van der Waals surface area contributed by atoms with Crippen molar-refractivity contribution >= 4 is 34.3 Å². The number of rotatable bonds is 4. The molecule has 0 aliphatic heterocycles. The van der Waals surface area contributed by atoms with E-state index in [0.717, 1.165) is 10.0 Å². The zero-order valence-electron chi connectivity index (χ0n) is 8.33. The van der Waals surface area contributed by atoms with Crippen molar-refractivity contribution in [3.8, 4) is 0 Å². The lowest BCUT2D eigenvalue weighted by Gasteiger charge is -2.03. The van der Waals surface area contributed by atoms with Crippen LogP contribution in [0.3, 0.4) is 0 Å². The van der Waals surface area contributed by atoms with E-state index in [9.17, 15) is 4.79 Å². The van der Waals surface area contributed by atoms with Crippen molar-refractivity contribution in [3.63, 3.8) is 0 Å². The molecule has 84 valence electrons. The lowest BCUT2D eigenvalue weighted by molar-refractivity contribution is -0.139. The molecule has 3 nitrogen and oxygen atoms in total. The highest BCUT2D eigenvalue weighted by molar-refractivity contribution is 9.10. The van der Waals surface area contributed by atoms with Gasteiger partial charge in [0.15, 0.2) is 0 Å². The number of carbonyl (C=O) groups is 1. The fourth-order valence-electron chi connectivity index (χ4n) is 1.03. The topological polar surface area (TPSA) is 38.3 Å². The molecule has 1 rings (SSSR count). The third-order valence-electron chi connectivity index (χ3n) is 1.72. The molecule has 0 saturated heterocycles. The summed E-state index contributed by atoms with van der Waals surface area (Å²) in [5.41, 5.74) is 1.13. The second-order valence-corrected chi connectivity index (χ2v) is 3.73. The van der Waals surface area contributed by atoms with Crippen LogP contribution < -0.4 is 5.32 Å². The number of halogens is 2. The molecule has 0 fully saturated rings. The van der Waals surface area contributed by atoms with Gasteiger partial charge in [-0.25, -0.2) is 0 Å². The van der Waals surface area contributed by atoms with E-state index < -0.39 is 0 Å². The molecule has 15 heavy (non-hydrogen) atoms. The second-order valence-electron chi connectivity index (χ2n) is 2.81. The van der Waals surface area contributed by atoms with Gasteiger partial charge in [0.25, 0.3) is 0 Å². The molecule has 0 amide bonds. The normalized spacial score (nSPS) is 9.20. The molecule has 0 aliphatic carbocycles. The van der Waals surface area contributed by atoms with Crippen molar-refractivity contribution in [2.75, 3.05) is 13.7 Å². The Morgan fingerprint density at radius 1 is 1.53 bits per heavy atom. The number of hydrogen-bond acceptors (Lipinski definition) is 3. The van der Waals surface area contributed by atoms with Gasteiger partial charge in [-0.3, -0.25) is 4.79 Å². The van der Waals surface area contributed by atoms with Crippen LogP contribution in [0.1, 0.15) is 5.56 Å². The molecule has 1 aromatic rings. The van der Waals surface area contributed by atoms with E-state index in [1.165, 1.54) is 7.11 Å². The van der Waals surface area contributed by atoms with Gasteiger partial charge in [0.2, 0.25) is 0 Å². The summed E-state index contributed by atoms with van der Waals surface area (Å²) in [6, 6.07) is 7.92. The van der Waals surface area contributed by atoms with Gasteiger partial charge >= 0.3 is 5.97 Å². The van der Waals surface area contributed by atoms with Crippen LogP contribution in [-0.2, 0) is 16.1 Å². The molecule has 0 heterocycles. The van der Waals surface area contributed by atoms with Crippen molar-refractivity contribution in [2.45, 2.75) is 6.54 Å². The van der Waals surface area contributed by atoms with Gasteiger partial charge in [-0.05, 0) is 17.7 Å². The Morgan fingerprint density at radius 2 is 2.27 bits per heavy atom. The Labute approximate surface area is 104 Å². The largest absolute Gasteiger partial charge is 0.468 e. The highest BCUT2D eigenvalue weighted by Gasteiger charge is 1.98. The molecule has 0 bridgehead atoms. The molecule has 0 spiro atoms. The average Bonchev–Trinajstić information content (AvgIpc) is 2.17. The molecule has 1 N–H and O–H groups in total. The first-order chi connectivity index (χ1) is 6.72. The van der Waals surface area contributed by atoms with Gasteiger partial charge in [-0.2, -0.15) is 0 Å². The fraction of sp³-hybridized carbons (Fsp3) is 0.300.